The molecule has 0 saturated heterocycles. The second kappa shape index (κ2) is 8.15. The Morgan fingerprint density at radius 3 is 2.62 bits per heavy atom. The van der Waals surface area contributed by atoms with Gasteiger partial charge in [0.15, 0.2) is 5.76 Å². The monoisotopic (exact) mass is 367 g/mol. The number of rotatable bonds is 6. The highest BCUT2D eigenvalue weighted by Crippen LogP contribution is 2.16. The van der Waals surface area contributed by atoms with Crippen LogP contribution in [0.2, 0.25) is 0 Å². The zero-order valence-electron chi connectivity index (χ0n) is 14.8. The van der Waals surface area contributed by atoms with Crippen LogP contribution in [0.5, 0.6) is 0 Å². The zero-order chi connectivity index (χ0) is 18.5. The minimum atomic E-state index is -1.21. The molecule has 0 unspecified atom stereocenters. The summed E-state index contributed by atoms with van der Waals surface area (Å²) in [7, 11) is -1.21. The van der Waals surface area contributed by atoms with E-state index >= 15 is 0 Å². The number of aryl methyl sites for hydroxylation is 2. The van der Waals surface area contributed by atoms with Gasteiger partial charge in [0, 0.05) is 11.4 Å². The third kappa shape index (κ3) is 4.49. The minimum absolute atomic E-state index is 0.231. The summed E-state index contributed by atoms with van der Waals surface area (Å²) in [6, 6.07) is 18.8. The van der Waals surface area contributed by atoms with Crippen LogP contribution in [0, 0.1) is 13.8 Å². The summed E-state index contributed by atoms with van der Waals surface area (Å²) in [6.45, 7) is 4.41. The van der Waals surface area contributed by atoms with Crippen molar-refractivity contribution in [1.29, 1.82) is 0 Å². The smallest absolute Gasteiger partial charge is 0.287 e. The summed E-state index contributed by atoms with van der Waals surface area (Å²) < 4.78 is 18.0. The predicted octanol–water partition coefficient (Wildman–Crippen LogP) is 4.13. The standard InChI is InChI=1S/C21H21NO3S/c1-15-6-5-9-19(12-15)26(24)14-18-10-11-20(25-18)21(23)22-13-17-8-4-3-7-16(17)2/h3-12H,13-14H2,1-2H3,(H,22,23)/t26-/m1/s1. The van der Waals surface area contributed by atoms with Gasteiger partial charge in [0.05, 0.1) is 16.6 Å². The predicted molar refractivity (Wildman–Crippen MR) is 102 cm³/mol. The van der Waals surface area contributed by atoms with Crippen LogP contribution in [0.15, 0.2) is 70.0 Å². The minimum Gasteiger partial charge on any atom is -0.455 e. The summed E-state index contributed by atoms with van der Waals surface area (Å²) in [5.41, 5.74) is 3.25. The number of carbonyl (C=O) groups is 1. The Hall–Kier alpha value is -2.66. The lowest BCUT2D eigenvalue weighted by molar-refractivity contribution is 0.0921. The molecule has 1 amide bonds. The second-order valence-electron chi connectivity index (χ2n) is 6.18. The van der Waals surface area contributed by atoms with Crippen molar-refractivity contribution in [2.75, 3.05) is 0 Å². The summed E-state index contributed by atoms with van der Waals surface area (Å²) in [5.74, 6) is 0.732. The Labute approximate surface area is 155 Å². The molecule has 1 heterocycles. The van der Waals surface area contributed by atoms with E-state index in [2.05, 4.69) is 5.32 Å². The van der Waals surface area contributed by atoms with Gasteiger partial charge in [-0.25, -0.2) is 0 Å². The first-order valence-electron chi connectivity index (χ1n) is 8.39. The van der Waals surface area contributed by atoms with Crippen molar-refractivity contribution >= 4 is 16.7 Å². The van der Waals surface area contributed by atoms with Gasteiger partial charge in [0.2, 0.25) is 0 Å². The number of hydrogen-bond acceptors (Lipinski definition) is 3. The van der Waals surface area contributed by atoms with Crippen LogP contribution in [-0.2, 0) is 23.1 Å². The molecular weight excluding hydrogens is 346 g/mol. The molecule has 1 aromatic heterocycles. The van der Waals surface area contributed by atoms with Gasteiger partial charge in [0.1, 0.15) is 5.76 Å². The largest absolute Gasteiger partial charge is 0.455 e. The molecule has 1 atom stereocenters. The van der Waals surface area contributed by atoms with Crippen LogP contribution < -0.4 is 5.32 Å². The molecule has 0 fully saturated rings. The molecule has 2 aromatic carbocycles. The van der Waals surface area contributed by atoms with E-state index in [1.54, 1.807) is 12.1 Å². The fourth-order valence-electron chi connectivity index (χ4n) is 2.62. The van der Waals surface area contributed by atoms with Crippen molar-refractivity contribution in [3.8, 4) is 0 Å². The van der Waals surface area contributed by atoms with E-state index in [1.807, 2.05) is 62.4 Å². The molecule has 0 saturated carbocycles. The molecule has 0 aliphatic heterocycles. The first-order valence-corrected chi connectivity index (χ1v) is 9.71. The Morgan fingerprint density at radius 2 is 1.85 bits per heavy atom. The van der Waals surface area contributed by atoms with E-state index < -0.39 is 10.8 Å². The highest BCUT2D eigenvalue weighted by atomic mass is 32.2. The second-order valence-corrected chi connectivity index (χ2v) is 7.63. The molecular formula is C21H21NO3S. The molecule has 26 heavy (non-hydrogen) atoms. The third-order valence-corrected chi connectivity index (χ3v) is 5.44. The summed E-state index contributed by atoms with van der Waals surface area (Å²) >= 11 is 0. The molecule has 0 spiro atoms. The number of benzene rings is 2. The Bertz CT molecular complexity index is 946. The number of hydrogen-bond donors (Lipinski definition) is 1. The Morgan fingerprint density at radius 1 is 1.04 bits per heavy atom. The third-order valence-electron chi connectivity index (χ3n) is 4.11. The van der Waals surface area contributed by atoms with E-state index in [9.17, 15) is 9.00 Å². The van der Waals surface area contributed by atoms with Gasteiger partial charge >= 0.3 is 0 Å². The lowest BCUT2D eigenvalue weighted by Gasteiger charge is -2.06. The Balaban J connectivity index is 1.61. The number of amides is 1. The van der Waals surface area contributed by atoms with Crippen molar-refractivity contribution in [3.63, 3.8) is 0 Å². The Kier molecular flexibility index (Phi) is 5.68. The first-order chi connectivity index (χ1) is 12.5. The lowest BCUT2D eigenvalue weighted by Crippen LogP contribution is -2.22. The van der Waals surface area contributed by atoms with Crippen LogP contribution in [0.4, 0.5) is 0 Å². The van der Waals surface area contributed by atoms with E-state index in [0.29, 0.717) is 12.3 Å². The molecule has 3 aromatic rings. The average Bonchev–Trinajstić information content (AvgIpc) is 3.09. The van der Waals surface area contributed by atoms with Gasteiger partial charge < -0.3 is 9.73 Å². The molecule has 0 aliphatic rings. The summed E-state index contributed by atoms with van der Waals surface area (Å²) in [6.07, 6.45) is 0. The fourth-order valence-corrected chi connectivity index (χ4v) is 3.75. The normalized spacial score (nSPS) is 11.9. The average molecular weight is 367 g/mol. The lowest BCUT2D eigenvalue weighted by atomic mass is 10.1. The van der Waals surface area contributed by atoms with Crippen molar-refractivity contribution in [1.82, 2.24) is 5.32 Å². The SMILES string of the molecule is Cc1cccc([S@](=O)Cc2ccc(C(=O)NCc3ccccc3C)o2)c1. The van der Waals surface area contributed by atoms with Crippen molar-refractivity contribution in [2.45, 2.75) is 31.0 Å². The van der Waals surface area contributed by atoms with Gasteiger partial charge in [0.25, 0.3) is 5.91 Å². The highest BCUT2D eigenvalue weighted by Gasteiger charge is 2.14. The molecule has 4 nitrogen and oxygen atoms in total. The van der Waals surface area contributed by atoms with E-state index in [0.717, 1.165) is 21.6 Å². The number of furan rings is 1. The van der Waals surface area contributed by atoms with Crippen LogP contribution in [-0.4, -0.2) is 10.1 Å². The topological polar surface area (TPSA) is 59.3 Å². The highest BCUT2D eigenvalue weighted by molar-refractivity contribution is 7.84. The summed E-state index contributed by atoms with van der Waals surface area (Å²) in [4.78, 5) is 13.0. The van der Waals surface area contributed by atoms with Gasteiger partial charge in [-0.3, -0.25) is 9.00 Å². The number of nitrogens with one attached hydrogen (secondary N) is 1. The van der Waals surface area contributed by atoms with Crippen molar-refractivity contribution in [2.24, 2.45) is 0 Å². The summed E-state index contributed by atoms with van der Waals surface area (Å²) in [5, 5.41) is 2.85. The van der Waals surface area contributed by atoms with Crippen LogP contribution in [0.25, 0.3) is 0 Å². The molecule has 0 aliphatic carbocycles. The maximum absolute atomic E-state index is 12.4. The van der Waals surface area contributed by atoms with Crippen LogP contribution in [0.1, 0.15) is 33.0 Å². The van der Waals surface area contributed by atoms with Crippen molar-refractivity contribution < 1.29 is 13.4 Å². The van der Waals surface area contributed by atoms with Gasteiger partial charge in [-0.2, -0.15) is 0 Å². The molecule has 5 heteroatoms. The first kappa shape index (κ1) is 18.1. The van der Waals surface area contributed by atoms with Crippen LogP contribution in [0.3, 0.4) is 0 Å². The fraction of sp³-hybridized carbons (Fsp3) is 0.190. The van der Waals surface area contributed by atoms with Crippen LogP contribution >= 0.6 is 0 Å². The molecule has 0 radical (unpaired) electrons. The quantitative estimate of drug-likeness (QED) is 0.712. The zero-order valence-corrected chi connectivity index (χ0v) is 15.6. The maximum atomic E-state index is 12.4. The molecule has 134 valence electrons. The number of carbonyl (C=O) groups excluding carboxylic acids is 1. The van der Waals surface area contributed by atoms with E-state index in [-0.39, 0.29) is 17.4 Å². The van der Waals surface area contributed by atoms with E-state index in [4.69, 9.17) is 4.42 Å². The van der Waals surface area contributed by atoms with Gasteiger partial charge in [-0.05, 0) is 54.8 Å². The maximum Gasteiger partial charge on any atom is 0.287 e. The molecule has 3 rings (SSSR count). The molecule has 1 N–H and O–H groups in total. The molecule has 0 bridgehead atoms. The van der Waals surface area contributed by atoms with Gasteiger partial charge in [-0.15, -0.1) is 0 Å². The van der Waals surface area contributed by atoms with Gasteiger partial charge in [-0.1, -0.05) is 36.4 Å². The van der Waals surface area contributed by atoms with Crippen molar-refractivity contribution in [3.05, 3.63) is 88.9 Å². The van der Waals surface area contributed by atoms with E-state index in [1.165, 1.54) is 0 Å².